The third-order valence-corrected chi connectivity index (χ3v) is 2.74. The van der Waals surface area contributed by atoms with Gasteiger partial charge in [0.15, 0.2) is 5.78 Å². The van der Waals surface area contributed by atoms with Crippen LogP contribution in [0, 0.1) is 5.82 Å². The van der Waals surface area contributed by atoms with E-state index in [1.807, 2.05) is 0 Å². The Morgan fingerprint density at radius 3 is 2.62 bits per heavy atom. The van der Waals surface area contributed by atoms with E-state index in [0.717, 1.165) is 12.8 Å². The predicted molar refractivity (Wildman–Crippen MR) is 68.6 cm³/mol. The van der Waals surface area contributed by atoms with E-state index in [-0.39, 0.29) is 18.2 Å². The van der Waals surface area contributed by atoms with Gasteiger partial charge in [-0.3, -0.25) is 4.79 Å². The number of nitrogens with two attached hydrogens (primary N) is 1. The molecule has 16 heavy (non-hydrogen) atoms. The van der Waals surface area contributed by atoms with Gasteiger partial charge in [-0.25, -0.2) is 4.39 Å². The first-order valence-corrected chi connectivity index (χ1v) is 5.62. The van der Waals surface area contributed by atoms with Crippen LogP contribution in [-0.4, -0.2) is 12.3 Å². The van der Waals surface area contributed by atoms with Gasteiger partial charge < -0.3 is 5.73 Å². The molecule has 0 saturated heterocycles. The molecular weight excluding hydrogens is 296 g/mol. The highest BCUT2D eigenvalue weighted by Gasteiger charge is 2.08. The molecule has 0 amide bonds. The second-order valence-corrected chi connectivity index (χ2v) is 4.15. The average molecular weight is 311 g/mol. The van der Waals surface area contributed by atoms with Gasteiger partial charge in [0.1, 0.15) is 5.82 Å². The molecule has 2 nitrogen and oxygen atoms in total. The van der Waals surface area contributed by atoms with Gasteiger partial charge in [0.25, 0.3) is 0 Å². The topological polar surface area (TPSA) is 43.1 Å². The number of hydrogen-bond donors (Lipinski definition) is 1. The van der Waals surface area contributed by atoms with Crippen LogP contribution in [0.5, 0.6) is 0 Å². The maximum atomic E-state index is 13.1. The summed E-state index contributed by atoms with van der Waals surface area (Å²) in [7, 11) is 0. The number of halogens is 3. The number of rotatable bonds is 5. The van der Waals surface area contributed by atoms with Crippen LogP contribution in [0.4, 0.5) is 4.39 Å². The summed E-state index contributed by atoms with van der Waals surface area (Å²) in [6, 6.07) is 4.43. The third kappa shape index (κ3) is 4.60. The van der Waals surface area contributed by atoms with E-state index in [4.69, 9.17) is 5.73 Å². The maximum absolute atomic E-state index is 13.1. The van der Waals surface area contributed by atoms with Crippen LogP contribution in [0.15, 0.2) is 22.7 Å². The molecule has 0 aliphatic heterocycles. The number of benzene rings is 1. The molecule has 5 heteroatoms. The molecule has 1 aromatic carbocycles. The highest BCUT2D eigenvalue weighted by molar-refractivity contribution is 9.10. The molecule has 0 aliphatic rings. The largest absolute Gasteiger partial charge is 0.330 e. The van der Waals surface area contributed by atoms with Crippen LogP contribution >= 0.6 is 28.3 Å². The number of unbranched alkanes of at least 4 members (excludes halogenated alkanes) is 1. The van der Waals surface area contributed by atoms with Gasteiger partial charge in [0, 0.05) is 12.0 Å². The lowest BCUT2D eigenvalue weighted by Crippen LogP contribution is -2.03. The molecule has 0 heterocycles. The lowest BCUT2D eigenvalue weighted by molar-refractivity contribution is 0.0979. The Hall–Kier alpha value is -0.450. The molecular formula is C11H14BrClFNO. The van der Waals surface area contributed by atoms with E-state index in [1.54, 1.807) is 12.1 Å². The lowest BCUT2D eigenvalue weighted by atomic mass is 10.1. The van der Waals surface area contributed by atoms with Crippen molar-refractivity contribution >= 4 is 34.1 Å². The average Bonchev–Trinajstić information content (AvgIpc) is 2.22. The monoisotopic (exact) mass is 309 g/mol. The normalized spacial score (nSPS) is 9.69. The molecule has 1 rings (SSSR count). The molecule has 0 aliphatic carbocycles. The quantitative estimate of drug-likeness (QED) is 0.669. The van der Waals surface area contributed by atoms with Crippen molar-refractivity contribution in [3.05, 3.63) is 34.1 Å². The molecule has 0 fully saturated rings. The van der Waals surface area contributed by atoms with Crippen LogP contribution in [-0.2, 0) is 0 Å². The highest BCUT2D eigenvalue weighted by atomic mass is 79.9. The molecule has 0 aromatic heterocycles. The SMILES string of the molecule is Cl.NCCCCC(=O)c1ccc(Br)c(F)c1. The number of hydrogen-bond acceptors (Lipinski definition) is 2. The Labute approximate surface area is 109 Å². The third-order valence-electron chi connectivity index (χ3n) is 2.10. The van der Waals surface area contributed by atoms with Crippen molar-refractivity contribution in [2.45, 2.75) is 19.3 Å². The zero-order chi connectivity index (χ0) is 11.3. The maximum Gasteiger partial charge on any atom is 0.162 e. The summed E-state index contributed by atoms with van der Waals surface area (Å²) < 4.78 is 13.5. The number of carbonyl (C=O) groups excluding carboxylic acids is 1. The fourth-order valence-electron chi connectivity index (χ4n) is 1.24. The van der Waals surface area contributed by atoms with Crippen molar-refractivity contribution in [2.24, 2.45) is 5.73 Å². The van der Waals surface area contributed by atoms with Gasteiger partial charge in [-0.05, 0) is 47.4 Å². The Morgan fingerprint density at radius 2 is 2.06 bits per heavy atom. The van der Waals surface area contributed by atoms with Crippen LogP contribution in [0.3, 0.4) is 0 Å². The van der Waals surface area contributed by atoms with Gasteiger partial charge in [0.05, 0.1) is 4.47 Å². The molecule has 0 unspecified atom stereocenters. The Kier molecular flexibility index (Phi) is 7.55. The van der Waals surface area contributed by atoms with Crippen LogP contribution in [0.1, 0.15) is 29.6 Å². The number of Topliss-reactive ketones (excluding diaryl/α,β-unsaturated/α-hetero) is 1. The standard InChI is InChI=1S/C11H13BrFNO.ClH/c12-9-5-4-8(7-10(9)13)11(15)3-1-2-6-14;/h4-5,7H,1-3,6,14H2;1H. The van der Waals surface area contributed by atoms with Gasteiger partial charge in [-0.15, -0.1) is 12.4 Å². The van der Waals surface area contributed by atoms with E-state index < -0.39 is 5.82 Å². The number of ketones is 1. The minimum Gasteiger partial charge on any atom is -0.330 e. The van der Waals surface area contributed by atoms with Crippen LogP contribution < -0.4 is 5.73 Å². The molecule has 1 aromatic rings. The summed E-state index contributed by atoms with van der Waals surface area (Å²) in [5, 5.41) is 0. The Balaban J connectivity index is 0.00000225. The minimum absolute atomic E-state index is 0. The Morgan fingerprint density at radius 1 is 1.38 bits per heavy atom. The van der Waals surface area contributed by atoms with E-state index in [1.165, 1.54) is 6.07 Å². The molecule has 0 atom stereocenters. The van der Waals surface area contributed by atoms with Crippen molar-refractivity contribution in [2.75, 3.05) is 6.54 Å². The molecule has 0 radical (unpaired) electrons. The first kappa shape index (κ1) is 15.6. The molecule has 0 spiro atoms. The zero-order valence-corrected chi connectivity index (χ0v) is 11.1. The van der Waals surface area contributed by atoms with Crippen LogP contribution in [0.25, 0.3) is 0 Å². The first-order chi connectivity index (χ1) is 7.15. The minimum atomic E-state index is -0.403. The lowest BCUT2D eigenvalue weighted by Gasteiger charge is -2.01. The fraction of sp³-hybridized carbons (Fsp3) is 0.364. The van der Waals surface area contributed by atoms with E-state index >= 15 is 0 Å². The summed E-state index contributed by atoms with van der Waals surface area (Å²) in [6.07, 6.45) is 2.01. The molecule has 2 N–H and O–H groups in total. The summed E-state index contributed by atoms with van der Waals surface area (Å²) in [5.41, 5.74) is 5.74. The molecule has 90 valence electrons. The summed E-state index contributed by atoms with van der Waals surface area (Å²) >= 11 is 3.04. The first-order valence-electron chi connectivity index (χ1n) is 4.83. The van der Waals surface area contributed by atoms with Crippen molar-refractivity contribution in [1.29, 1.82) is 0 Å². The van der Waals surface area contributed by atoms with Crippen LogP contribution in [0.2, 0.25) is 0 Å². The van der Waals surface area contributed by atoms with E-state index in [9.17, 15) is 9.18 Å². The predicted octanol–water partition coefficient (Wildman–Crippen LogP) is 3.32. The zero-order valence-electron chi connectivity index (χ0n) is 8.71. The van der Waals surface area contributed by atoms with E-state index in [2.05, 4.69) is 15.9 Å². The van der Waals surface area contributed by atoms with Crippen molar-refractivity contribution in [3.8, 4) is 0 Å². The smallest absolute Gasteiger partial charge is 0.162 e. The summed E-state index contributed by atoms with van der Waals surface area (Å²) in [6.45, 7) is 0.585. The van der Waals surface area contributed by atoms with Gasteiger partial charge in [0.2, 0.25) is 0 Å². The van der Waals surface area contributed by atoms with Gasteiger partial charge in [-0.2, -0.15) is 0 Å². The fourth-order valence-corrected chi connectivity index (χ4v) is 1.49. The Bertz CT molecular complexity index is 360. The number of carbonyl (C=O) groups is 1. The molecule has 0 saturated carbocycles. The van der Waals surface area contributed by atoms with Crippen molar-refractivity contribution in [1.82, 2.24) is 0 Å². The highest BCUT2D eigenvalue weighted by Crippen LogP contribution is 2.17. The second kappa shape index (κ2) is 7.76. The van der Waals surface area contributed by atoms with Crippen molar-refractivity contribution in [3.63, 3.8) is 0 Å². The van der Waals surface area contributed by atoms with Crippen molar-refractivity contribution < 1.29 is 9.18 Å². The molecule has 0 bridgehead atoms. The van der Waals surface area contributed by atoms with Gasteiger partial charge >= 0.3 is 0 Å². The second-order valence-electron chi connectivity index (χ2n) is 3.30. The summed E-state index contributed by atoms with van der Waals surface area (Å²) in [4.78, 5) is 11.6. The summed E-state index contributed by atoms with van der Waals surface area (Å²) in [5.74, 6) is -0.436. The van der Waals surface area contributed by atoms with Gasteiger partial charge in [-0.1, -0.05) is 6.07 Å². The van der Waals surface area contributed by atoms with E-state index in [0.29, 0.717) is 23.0 Å².